The average Bonchev–Trinajstić information content (AvgIpc) is 2.68. The Labute approximate surface area is 124 Å². The number of rotatable bonds is 2. The highest BCUT2D eigenvalue weighted by Gasteiger charge is 2.35. The minimum absolute atomic E-state index is 0.296. The molecule has 2 aromatic carbocycles. The summed E-state index contributed by atoms with van der Waals surface area (Å²) in [5.74, 6) is -0.296. The third-order valence-corrected chi connectivity index (χ3v) is 4.10. The van der Waals surface area contributed by atoms with Crippen LogP contribution in [0.2, 0.25) is 0 Å². The van der Waals surface area contributed by atoms with Crippen molar-refractivity contribution in [3.05, 3.63) is 65.5 Å². The van der Waals surface area contributed by atoms with Crippen molar-refractivity contribution >= 4 is 5.69 Å². The summed E-state index contributed by atoms with van der Waals surface area (Å²) in [5.41, 5.74) is 2.10. The summed E-state index contributed by atoms with van der Waals surface area (Å²) in [7, 11) is 0. The van der Waals surface area contributed by atoms with Gasteiger partial charge in [0.2, 0.25) is 0 Å². The number of anilines is 1. The fraction of sp³-hybridized carbons (Fsp3) is 0.278. The molecule has 3 rings (SSSR count). The Balaban J connectivity index is 2.05. The summed E-state index contributed by atoms with van der Waals surface area (Å²) >= 11 is 0. The van der Waals surface area contributed by atoms with Crippen molar-refractivity contribution in [2.24, 2.45) is 0 Å². The van der Waals surface area contributed by atoms with Gasteiger partial charge < -0.3 is 5.32 Å². The SMILES string of the molecule is N#CC1(Nc2cccc(F)c2)CCCCc2ccccc21. The lowest BCUT2D eigenvalue weighted by Crippen LogP contribution is -2.34. The van der Waals surface area contributed by atoms with Crippen molar-refractivity contribution in [1.82, 2.24) is 0 Å². The first-order valence-electron chi connectivity index (χ1n) is 7.27. The predicted molar refractivity (Wildman–Crippen MR) is 81.3 cm³/mol. The molecule has 1 N–H and O–H groups in total. The predicted octanol–water partition coefficient (Wildman–Crippen LogP) is 4.38. The maximum absolute atomic E-state index is 13.4. The Hall–Kier alpha value is -2.34. The van der Waals surface area contributed by atoms with Gasteiger partial charge >= 0.3 is 0 Å². The zero-order chi connectivity index (χ0) is 14.7. The first kappa shape index (κ1) is 13.6. The number of hydrogen-bond acceptors (Lipinski definition) is 2. The van der Waals surface area contributed by atoms with E-state index in [1.54, 1.807) is 12.1 Å². The third-order valence-electron chi connectivity index (χ3n) is 4.10. The molecular weight excluding hydrogens is 263 g/mol. The Morgan fingerprint density at radius 3 is 2.76 bits per heavy atom. The van der Waals surface area contributed by atoms with Crippen LogP contribution in [0.1, 0.15) is 30.4 Å². The summed E-state index contributed by atoms with van der Waals surface area (Å²) in [5, 5.41) is 13.1. The fourth-order valence-corrected chi connectivity index (χ4v) is 3.08. The molecule has 0 heterocycles. The van der Waals surface area contributed by atoms with E-state index in [1.807, 2.05) is 18.2 Å². The number of hydrogen-bond donors (Lipinski definition) is 1. The van der Waals surface area contributed by atoms with Crippen LogP contribution in [0.5, 0.6) is 0 Å². The van der Waals surface area contributed by atoms with E-state index in [-0.39, 0.29) is 5.82 Å². The maximum atomic E-state index is 13.4. The molecule has 0 saturated carbocycles. The van der Waals surface area contributed by atoms with Crippen LogP contribution >= 0.6 is 0 Å². The summed E-state index contributed by atoms with van der Waals surface area (Å²) in [4.78, 5) is 0. The van der Waals surface area contributed by atoms with Gasteiger partial charge in [-0.05, 0) is 55.0 Å². The lowest BCUT2D eigenvalue weighted by molar-refractivity contribution is 0.546. The van der Waals surface area contributed by atoms with Gasteiger partial charge in [-0.3, -0.25) is 0 Å². The Kier molecular flexibility index (Phi) is 3.62. The highest BCUT2D eigenvalue weighted by atomic mass is 19.1. The number of nitriles is 1. The topological polar surface area (TPSA) is 35.8 Å². The van der Waals surface area contributed by atoms with E-state index in [2.05, 4.69) is 17.5 Å². The van der Waals surface area contributed by atoms with E-state index in [0.29, 0.717) is 5.69 Å². The first-order valence-corrected chi connectivity index (χ1v) is 7.27. The van der Waals surface area contributed by atoms with Crippen LogP contribution in [-0.2, 0) is 12.0 Å². The molecule has 0 saturated heterocycles. The second-order valence-corrected chi connectivity index (χ2v) is 5.52. The summed E-state index contributed by atoms with van der Waals surface area (Å²) in [6.45, 7) is 0. The van der Waals surface area contributed by atoms with Crippen molar-refractivity contribution in [1.29, 1.82) is 5.26 Å². The molecular formula is C18H17FN2. The molecule has 1 atom stereocenters. The molecule has 1 aliphatic rings. The maximum Gasteiger partial charge on any atom is 0.151 e. The Bertz CT molecular complexity index is 690. The molecule has 0 radical (unpaired) electrons. The van der Waals surface area contributed by atoms with Gasteiger partial charge in [-0.1, -0.05) is 30.3 Å². The van der Waals surface area contributed by atoms with Crippen LogP contribution < -0.4 is 5.32 Å². The summed E-state index contributed by atoms with van der Waals surface area (Å²) < 4.78 is 13.4. The van der Waals surface area contributed by atoms with Gasteiger partial charge in [0.15, 0.2) is 5.54 Å². The molecule has 2 aromatic rings. The minimum atomic E-state index is -0.777. The Morgan fingerprint density at radius 1 is 1.10 bits per heavy atom. The molecule has 2 nitrogen and oxygen atoms in total. The summed E-state index contributed by atoms with van der Waals surface area (Å²) in [6.07, 6.45) is 3.78. The van der Waals surface area contributed by atoms with Crippen molar-refractivity contribution in [3.63, 3.8) is 0 Å². The second kappa shape index (κ2) is 5.57. The fourth-order valence-electron chi connectivity index (χ4n) is 3.08. The van der Waals surface area contributed by atoms with Crippen LogP contribution in [0.3, 0.4) is 0 Å². The quantitative estimate of drug-likeness (QED) is 0.828. The molecule has 0 aromatic heterocycles. The molecule has 3 heteroatoms. The van der Waals surface area contributed by atoms with Crippen molar-refractivity contribution < 1.29 is 4.39 Å². The lowest BCUT2D eigenvalue weighted by Gasteiger charge is -2.29. The number of fused-ring (bicyclic) bond motifs is 1. The smallest absolute Gasteiger partial charge is 0.151 e. The van der Waals surface area contributed by atoms with Gasteiger partial charge in [-0.2, -0.15) is 5.26 Å². The van der Waals surface area contributed by atoms with Crippen LogP contribution in [0.4, 0.5) is 10.1 Å². The molecule has 21 heavy (non-hydrogen) atoms. The zero-order valence-corrected chi connectivity index (χ0v) is 11.8. The second-order valence-electron chi connectivity index (χ2n) is 5.52. The number of nitrogens with zero attached hydrogens (tertiary/aromatic N) is 1. The van der Waals surface area contributed by atoms with E-state index in [9.17, 15) is 9.65 Å². The molecule has 0 bridgehead atoms. The van der Waals surface area contributed by atoms with Crippen LogP contribution in [0.25, 0.3) is 0 Å². The molecule has 0 fully saturated rings. The first-order chi connectivity index (χ1) is 10.2. The van der Waals surface area contributed by atoms with E-state index in [1.165, 1.54) is 17.7 Å². The normalized spacial score (nSPS) is 21.0. The van der Waals surface area contributed by atoms with E-state index in [0.717, 1.165) is 31.2 Å². The number of benzene rings is 2. The van der Waals surface area contributed by atoms with Gasteiger partial charge in [0, 0.05) is 5.69 Å². The van der Waals surface area contributed by atoms with Crippen LogP contribution in [0, 0.1) is 17.1 Å². The van der Waals surface area contributed by atoms with Gasteiger partial charge in [0.05, 0.1) is 6.07 Å². The van der Waals surface area contributed by atoms with Crippen LogP contribution in [0.15, 0.2) is 48.5 Å². The van der Waals surface area contributed by atoms with Gasteiger partial charge in [-0.15, -0.1) is 0 Å². The van der Waals surface area contributed by atoms with Gasteiger partial charge in [-0.25, -0.2) is 4.39 Å². The molecule has 0 amide bonds. The molecule has 0 spiro atoms. The van der Waals surface area contributed by atoms with E-state index in [4.69, 9.17) is 0 Å². The van der Waals surface area contributed by atoms with Crippen molar-refractivity contribution in [3.8, 4) is 6.07 Å². The Morgan fingerprint density at radius 2 is 1.95 bits per heavy atom. The van der Waals surface area contributed by atoms with E-state index < -0.39 is 5.54 Å². The highest BCUT2D eigenvalue weighted by molar-refractivity contribution is 5.53. The van der Waals surface area contributed by atoms with Crippen molar-refractivity contribution in [2.45, 2.75) is 31.2 Å². The molecule has 106 valence electrons. The molecule has 1 unspecified atom stereocenters. The molecule has 0 aliphatic heterocycles. The summed E-state index contributed by atoms with van der Waals surface area (Å²) in [6, 6.07) is 16.8. The van der Waals surface area contributed by atoms with Crippen LogP contribution in [-0.4, -0.2) is 0 Å². The average molecular weight is 280 g/mol. The number of aryl methyl sites for hydroxylation is 1. The molecule has 1 aliphatic carbocycles. The lowest BCUT2D eigenvalue weighted by atomic mass is 9.85. The monoisotopic (exact) mass is 280 g/mol. The van der Waals surface area contributed by atoms with Gasteiger partial charge in [0.1, 0.15) is 5.82 Å². The van der Waals surface area contributed by atoms with Gasteiger partial charge in [0.25, 0.3) is 0 Å². The largest absolute Gasteiger partial charge is 0.364 e. The van der Waals surface area contributed by atoms with E-state index >= 15 is 0 Å². The number of nitrogens with one attached hydrogen (secondary N) is 1. The zero-order valence-electron chi connectivity index (χ0n) is 11.8. The minimum Gasteiger partial charge on any atom is -0.364 e. The standard InChI is InChI=1S/C18H17FN2/c19-15-8-5-9-16(12-15)21-18(13-20)11-4-3-7-14-6-1-2-10-17(14)18/h1-2,5-6,8-10,12,21H,3-4,7,11H2. The van der Waals surface area contributed by atoms with Crippen molar-refractivity contribution in [2.75, 3.05) is 5.32 Å². The third kappa shape index (κ3) is 2.62. The number of halogens is 1. The highest BCUT2D eigenvalue weighted by Crippen LogP contribution is 2.36.